The van der Waals surface area contributed by atoms with Crippen LogP contribution in [0, 0.1) is 0 Å². The average molecular weight is 235 g/mol. The third-order valence-electron chi connectivity index (χ3n) is 2.16. The number of carboxylic acids is 1. The van der Waals surface area contributed by atoms with Crippen LogP contribution in [-0.2, 0) is 6.42 Å². The van der Waals surface area contributed by atoms with Gasteiger partial charge in [0, 0.05) is 23.6 Å². The zero-order valence-electron chi connectivity index (χ0n) is 8.25. The van der Waals surface area contributed by atoms with Crippen LogP contribution in [0.25, 0.3) is 0 Å². The number of carboxylic acid groups (broad SMARTS) is 1. The Kier molecular flexibility index (Phi) is 2.87. The maximum Gasteiger partial charge on any atom is 0.335 e. The van der Waals surface area contributed by atoms with Gasteiger partial charge in [0.25, 0.3) is 0 Å². The van der Waals surface area contributed by atoms with E-state index in [1.807, 2.05) is 5.38 Å². The molecule has 2 rings (SSSR count). The van der Waals surface area contributed by atoms with Crippen molar-refractivity contribution in [3.05, 3.63) is 45.9 Å². The zero-order valence-corrected chi connectivity index (χ0v) is 9.07. The van der Waals surface area contributed by atoms with E-state index in [0.717, 1.165) is 5.01 Å². The lowest BCUT2D eigenvalue weighted by Crippen LogP contribution is -1.97. The largest absolute Gasteiger partial charge is 0.508 e. The highest BCUT2D eigenvalue weighted by Crippen LogP contribution is 2.22. The zero-order chi connectivity index (χ0) is 11.5. The molecule has 0 unspecified atom stereocenters. The Morgan fingerprint density at radius 1 is 1.44 bits per heavy atom. The van der Waals surface area contributed by atoms with Crippen LogP contribution in [0.4, 0.5) is 0 Å². The third kappa shape index (κ3) is 2.20. The summed E-state index contributed by atoms with van der Waals surface area (Å²) in [5.41, 5.74) is 0.764. The molecule has 1 heterocycles. The van der Waals surface area contributed by atoms with Gasteiger partial charge in [-0.25, -0.2) is 9.78 Å². The van der Waals surface area contributed by atoms with Crippen LogP contribution >= 0.6 is 11.3 Å². The number of hydrogen-bond donors (Lipinski definition) is 2. The van der Waals surface area contributed by atoms with Crippen LogP contribution in [0.2, 0.25) is 0 Å². The molecule has 0 saturated carbocycles. The molecule has 0 aliphatic carbocycles. The number of phenolic OH excluding ortho intramolecular Hbond substituents is 1. The number of aromatic nitrogens is 1. The van der Waals surface area contributed by atoms with Gasteiger partial charge >= 0.3 is 5.97 Å². The average Bonchev–Trinajstić information content (AvgIpc) is 2.73. The van der Waals surface area contributed by atoms with Crippen LogP contribution in [-0.4, -0.2) is 21.2 Å². The maximum absolute atomic E-state index is 10.7. The molecule has 0 saturated heterocycles. The van der Waals surface area contributed by atoms with Crippen molar-refractivity contribution in [1.82, 2.24) is 4.98 Å². The lowest BCUT2D eigenvalue weighted by molar-refractivity contribution is 0.0696. The molecule has 4 nitrogen and oxygen atoms in total. The number of benzene rings is 1. The first-order chi connectivity index (χ1) is 7.66. The smallest absolute Gasteiger partial charge is 0.335 e. The number of rotatable bonds is 3. The second-order valence-corrected chi connectivity index (χ2v) is 4.23. The van der Waals surface area contributed by atoms with E-state index in [2.05, 4.69) is 4.98 Å². The number of aromatic carboxylic acids is 1. The van der Waals surface area contributed by atoms with E-state index >= 15 is 0 Å². The SMILES string of the molecule is O=C(O)c1ccc(Cc2nccs2)c(O)c1. The normalized spacial score (nSPS) is 10.2. The fourth-order valence-corrected chi connectivity index (χ4v) is 1.99. The molecule has 0 atom stereocenters. The third-order valence-corrected chi connectivity index (χ3v) is 2.94. The number of carbonyl (C=O) groups is 1. The summed E-state index contributed by atoms with van der Waals surface area (Å²) in [7, 11) is 0. The van der Waals surface area contributed by atoms with Crippen molar-refractivity contribution in [2.45, 2.75) is 6.42 Å². The molecule has 0 amide bonds. The second kappa shape index (κ2) is 4.32. The molecular weight excluding hydrogens is 226 g/mol. The van der Waals surface area contributed by atoms with E-state index in [-0.39, 0.29) is 11.3 Å². The van der Waals surface area contributed by atoms with Gasteiger partial charge in [0.2, 0.25) is 0 Å². The van der Waals surface area contributed by atoms with Crippen molar-refractivity contribution < 1.29 is 15.0 Å². The quantitative estimate of drug-likeness (QED) is 0.855. The second-order valence-electron chi connectivity index (χ2n) is 3.25. The fraction of sp³-hybridized carbons (Fsp3) is 0.0909. The highest BCUT2D eigenvalue weighted by molar-refractivity contribution is 7.09. The number of aromatic hydroxyl groups is 1. The molecule has 2 N–H and O–H groups in total. The lowest BCUT2D eigenvalue weighted by atomic mass is 10.1. The Morgan fingerprint density at radius 3 is 2.81 bits per heavy atom. The first-order valence-electron chi connectivity index (χ1n) is 4.60. The van der Waals surface area contributed by atoms with Crippen molar-refractivity contribution in [2.24, 2.45) is 0 Å². The summed E-state index contributed by atoms with van der Waals surface area (Å²) in [6.45, 7) is 0. The molecule has 16 heavy (non-hydrogen) atoms. The minimum Gasteiger partial charge on any atom is -0.508 e. The number of thiazole rings is 1. The standard InChI is InChI=1S/C11H9NO3S/c13-9-5-8(11(14)15)2-1-7(9)6-10-12-3-4-16-10/h1-5,13H,6H2,(H,14,15). The van der Waals surface area contributed by atoms with Crippen molar-refractivity contribution in [3.8, 4) is 5.75 Å². The summed E-state index contributed by atoms with van der Waals surface area (Å²) in [4.78, 5) is 14.8. The van der Waals surface area contributed by atoms with Crippen LogP contribution in [0.5, 0.6) is 5.75 Å². The number of hydrogen-bond acceptors (Lipinski definition) is 4. The summed E-state index contributed by atoms with van der Waals surface area (Å²) >= 11 is 1.50. The molecule has 0 spiro atoms. The molecule has 0 aliphatic heterocycles. The van der Waals surface area contributed by atoms with Gasteiger partial charge in [0.15, 0.2) is 0 Å². The van der Waals surface area contributed by atoms with E-state index in [4.69, 9.17) is 5.11 Å². The van der Waals surface area contributed by atoms with Crippen molar-refractivity contribution in [3.63, 3.8) is 0 Å². The number of phenols is 1. The Morgan fingerprint density at radius 2 is 2.25 bits per heavy atom. The topological polar surface area (TPSA) is 70.4 Å². The van der Waals surface area contributed by atoms with E-state index in [1.165, 1.54) is 23.5 Å². The van der Waals surface area contributed by atoms with Crippen LogP contribution in [0.1, 0.15) is 20.9 Å². The minimum atomic E-state index is -1.05. The van der Waals surface area contributed by atoms with Crippen molar-refractivity contribution in [1.29, 1.82) is 0 Å². The molecule has 0 radical (unpaired) electrons. The minimum absolute atomic E-state index is 0.00454. The predicted octanol–water partition coefficient (Wildman–Crippen LogP) is 2.14. The summed E-state index contributed by atoms with van der Waals surface area (Å²) in [6, 6.07) is 4.34. The molecule has 1 aromatic heterocycles. The summed E-state index contributed by atoms with van der Waals surface area (Å²) in [5.74, 6) is -1.05. The molecule has 0 bridgehead atoms. The molecule has 0 aliphatic rings. The van der Waals surface area contributed by atoms with Crippen LogP contribution < -0.4 is 0 Å². The van der Waals surface area contributed by atoms with Crippen molar-refractivity contribution in [2.75, 3.05) is 0 Å². The Balaban J connectivity index is 2.26. The van der Waals surface area contributed by atoms with Gasteiger partial charge in [-0.3, -0.25) is 0 Å². The Labute approximate surface area is 95.8 Å². The van der Waals surface area contributed by atoms with Gasteiger partial charge in [-0.1, -0.05) is 6.07 Å². The fourth-order valence-electron chi connectivity index (χ4n) is 1.35. The molecule has 0 fully saturated rings. The van der Waals surface area contributed by atoms with E-state index in [0.29, 0.717) is 12.0 Å². The number of nitrogens with zero attached hydrogens (tertiary/aromatic N) is 1. The highest BCUT2D eigenvalue weighted by Gasteiger charge is 2.08. The van der Waals surface area contributed by atoms with Gasteiger partial charge in [-0.05, 0) is 12.1 Å². The van der Waals surface area contributed by atoms with Gasteiger partial charge in [-0.15, -0.1) is 11.3 Å². The lowest BCUT2D eigenvalue weighted by Gasteiger charge is -2.03. The monoisotopic (exact) mass is 235 g/mol. The summed E-state index contributed by atoms with van der Waals surface area (Å²) in [5, 5.41) is 21.1. The molecule has 1 aromatic carbocycles. The maximum atomic E-state index is 10.7. The summed E-state index contributed by atoms with van der Waals surface area (Å²) in [6.07, 6.45) is 2.21. The first kappa shape index (κ1) is 10.6. The van der Waals surface area contributed by atoms with Gasteiger partial charge < -0.3 is 10.2 Å². The Bertz CT molecular complexity index is 508. The van der Waals surface area contributed by atoms with Gasteiger partial charge in [-0.2, -0.15) is 0 Å². The first-order valence-corrected chi connectivity index (χ1v) is 5.48. The summed E-state index contributed by atoms with van der Waals surface area (Å²) < 4.78 is 0. The van der Waals surface area contributed by atoms with Gasteiger partial charge in [0.05, 0.1) is 10.6 Å². The van der Waals surface area contributed by atoms with Crippen molar-refractivity contribution >= 4 is 17.3 Å². The molecule has 5 heteroatoms. The predicted molar refractivity (Wildman–Crippen MR) is 60.0 cm³/mol. The van der Waals surface area contributed by atoms with Crippen LogP contribution in [0.15, 0.2) is 29.8 Å². The van der Waals surface area contributed by atoms with E-state index in [9.17, 15) is 9.90 Å². The van der Waals surface area contributed by atoms with Crippen LogP contribution in [0.3, 0.4) is 0 Å². The molecule has 82 valence electrons. The van der Waals surface area contributed by atoms with E-state index in [1.54, 1.807) is 12.3 Å². The highest BCUT2D eigenvalue weighted by atomic mass is 32.1. The van der Waals surface area contributed by atoms with Gasteiger partial charge in [0.1, 0.15) is 5.75 Å². The molecule has 2 aromatic rings. The van der Waals surface area contributed by atoms with E-state index < -0.39 is 5.97 Å². The Hall–Kier alpha value is -1.88. The molecular formula is C11H9NO3S.